The standard InChI is InChI=1S/C10H18O3/c1-10(2,3)13-9(12)7-5-4-6-8(7)11/h7-8,11H,4-6H2,1-3H3. The van der Waals surface area contributed by atoms with Crippen LogP contribution in [0.25, 0.3) is 0 Å². The van der Waals surface area contributed by atoms with Gasteiger partial charge in [0.15, 0.2) is 0 Å². The summed E-state index contributed by atoms with van der Waals surface area (Å²) in [4.78, 5) is 11.5. The highest BCUT2D eigenvalue weighted by Gasteiger charge is 2.34. The van der Waals surface area contributed by atoms with Gasteiger partial charge in [0, 0.05) is 0 Å². The van der Waals surface area contributed by atoms with Crippen molar-refractivity contribution in [3.05, 3.63) is 0 Å². The first-order valence-electron chi connectivity index (χ1n) is 4.81. The molecule has 1 aliphatic carbocycles. The van der Waals surface area contributed by atoms with Gasteiger partial charge in [0.05, 0.1) is 12.0 Å². The van der Waals surface area contributed by atoms with Gasteiger partial charge in [-0.3, -0.25) is 4.79 Å². The molecule has 3 heteroatoms. The molecule has 1 N–H and O–H groups in total. The van der Waals surface area contributed by atoms with Gasteiger partial charge in [-0.1, -0.05) is 0 Å². The summed E-state index contributed by atoms with van der Waals surface area (Å²) in [5, 5.41) is 9.46. The molecule has 1 saturated carbocycles. The molecule has 1 aliphatic rings. The molecular weight excluding hydrogens is 168 g/mol. The minimum Gasteiger partial charge on any atom is -0.460 e. The van der Waals surface area contributed by atoms with E-state index in [1.807, 2.05) is 20.8 Å². The first kappa shape index (κ1) is 10.5. The second-order valence-electron chi connectivity index (χ2n) is 4.64. The maximum atomic E-state index is 11.5. The second-order valence-corrected chi connectivity index (χ2v) is 4.64. The lowest BCUT2D eigenvalue weighted by Gasteiger charge is -2.23. The van der Waals surface area contributed by atoms with Gasteiger partial charge in [0.2, 0.25) is 0 Å². The quantitative estimate of drug-likeness (QED) is 0.631. The highest BCUT2D eigenvalue weighted by atomic mass is 16.6. The van der Waals surface area contributed by atoms with Gasteiger partial charge in [-0.15, -0.1) is 0 Å². The normalized spacial score (nSPS) is 28.9. The van der Waals surface area contributed by atoms with Gasteiger partial charge in [0.1, 0.15) is 5.60 Å². The molecule has 76 valence electrons. The number of aliphatic hydroxyl groups excluding tert-OH is 1. The number of carbonyl (C=O) groups excluding carboxylic acids is 1. The Morgan fingerprint density at radius 1 is 1.38 bits per heavy atom. The van der Waals surface area contributed by atoms with Crippen LogP contribution in [0.3, 0.4) is 0 Å². The predicted molar refractivity (Wildman–Crippen MR) is 49.2 cm³/mol. The van der Waals surface area contributed by atoms with E-state index < -0.39 is 11.7 Å². The number of carbonyl (C=O) groups is 1. The first-order chi connectivity index (χ1) is 5.90. The predicted octanol–water partition coefficient (Wildman–Crippen LogP) is 1.49. The second kappa shape index (κ2) is 3.66. The fourth-order valence-corrected chi connectivity index (χ4v) is 1.59. The summed E-state index contributed by atoms with van der Waals surface area (Å²) >= 11 is 0. The molecule has 0 spiro atoms. The smallest absolute Gasteiger partial charge is 0.312 e. The topological polar surface area (TPSA) is 46.5 Å². The maximum absolute atomic E-state index is 11.5. The van der Waals surface area contributed by atoms with Crippen molar-refractivity contribution in [2.75, 3.05) is 0 Å². The van der Waals surface area contributed by atoms with Crippen LogP contribution in [0.15, 0.2) is 0 Å². The number of ether oxygens (including phenoxy) is 1. The van der Waals surface area contributed by atoms with E-state index in [1.165, 1.54) is 0 Å². The van der Waals surface area contributed by atoms with Crippen LogP contribution in [-0.2, 0) is 9.53 Å². The largest absolute Gasteiger partial charge is 0.460 e. The van der Waals surface area contributed by atoms with Gasteiger partial charge in [-0.05, 0) is 40.0 Å². The Bertz CT molecular complexity index is 193. The number of esters is 1. The fraction of sp³-hybridized carbons (Fsp3) is 0.900. The molecule has 0 radical (unpaired) electrons. The zero-order valence-electron chi connectivity index (χ0n) is 8.54. The lowest BCUT2D eigenvalue weighted by atomic mass is 10.1. The number of hydrogen-bond acceptors (Lipinski definition) is 3. The number of rotatable bonds is 1. The Labute approximate surface area is 79.1 Å². The third kappa shape index (κ3) is 2.99. The van der Waals surface area contributed by atoms with E-state index in [-0.39, 0.29) is 11.9 Å². The summed E-state index contributed by atoms with van der Waals surface area (Å²) in [5.41, 5.74) is -0.445. The van der Waals surface area contributed by atoms with E-state index in [4.69, 9.17) is 4.74 Å². The van der Waals surface area contributed by atoms with Crippen molar-refractivity contribution in [1.29, 1.82) is 0 Å². The summed E-state index contributed by atoms with van der Waals surface area (Å²) in [7, 11) is 0. The zero-order chi connectivity index (χ0) is 10.1. The molecular formula is C10H18O3. The van der Waals surface area contributed by atoms with Gasteiger partial charge in [0.25, 0.3) is 0 Å². The minimum absolute atomic E-state index is 0.252. The van der Waals surface area contributed by atoms with E-state index in [0.717, 1.165) is 19.3 Å². The Morgan fingerprint density at radius 2 is 2.00 bits per heavy atom. The molecule has 1 rings (SSSR count). The molecule has 0 amide bonds. The van der Waals surface area contributed by atoms with Crippen molar-refractivity contribution in [3.8, 4) is 0 Å². The van der Waals surface area contributed by atoms with Crippen molar-refractivity contribution in [2.24, 2.45) is 5.92 Å². The van der Waals surface area contributed by atoms with E-state index in [2.05, 4.69) is 0 Å². The average Bonchev–Trinajstić information content (AvgIpc) is 2.30. The molecule has 13 heavy (non-hydrogen) atoms. The lowest BCUT2D eigenvalue weighted by molar-refractivity contribution is -0.162. The summed E-state index contributed by atoms with van der Waals surface area (Å²) in [6.07, 6.45) is 1.92. The Balaban J connectivity index is 2.48. The Hall–Kier alpha value is -0.570. The SMILES string of the molecule is CC(C)(C)OC(=O)C1CCCC1O. The van der Waals surface area contributed by atoms with Crippen LogP contribution < -0.4 is 0 Å². The van der Waals surface area contributed by atoms with E-state index in [1.54, 1.807) is 0 Å². The summed E-state index contributed by atoms with van der Waals surface area (Å²) in [5.74, 6) is -0.545. The van der Waals surface area contributed by atoms with Crippen molar-refractivity contribution >= 4 is 5.97 Å². The van der Waals surface area contributed by atoms with E-state index >= 15 is 0 Å². The lowest BCUT2D eigenvalue weighted by Crippen LogP contribution is -2.32. The molecule has 0 saturated heterocycles. The van der Waals surface area contributed by atoms with E-state index in [9.17, 15) is 9.90 Å². The third-order valence-corrected chi connectivity index (χ3v) is 2.19. The van der Waals surface area contributed by atoms with Gasteiger partial charge < -0.3 is 9.84 Å². The summed E-state index contributed by atoms with van der Waals surface area (Å²) < 4.78 is 5.19. The highest BCUT2D eigenvalue weighted by molar-refractivity contribution is 5.73. The highest BCUT2D eigenvalue weighted by Crippen LogP contribution is 2.27. The fourth-order valence-electron chi connectivity index (χ4n) is 1.59. The molecule has 0 aromatic heterocycles. The molecule has 0 aliphatic heterocycles. The Morgan fingerprint density at radius 3 is 2.38 bits per heavy atom. The molecule has 2 unspecified atom stereocenters. The van der Waals surface area contributed by atoms with Crippen LogP contribution in [0.2, 0.25) is 0 Å². The van der Waals surface area contributed by atoms with Gasteiger partial charge in [-0.25, -0.2) is 0 Å². The third-order valence-electron chi connectivity index (χ3n) is 2.19. The van der Waals surface area contributed by atoms with Crippen LogP contribution in [0.5, 0.6) is 0 Å². The van der Waals surface area contributed by atoms with E-state index in [0.29, 0.717) is 0 Å². The molecule has 3 nitrogen and oxygen atoms in total. The van der Waals surface area contributed by atoms with Gasteiger partial charge in [-0.2, -0.15) is 0 Å². The molecule has 0 bridgehead atoms. The minimum atomic E-state index is -0.491. The Kier molecular flexibility index (Phi) is 2.96. The van der Waals surface area contributed by atoms with Crippen molar-refractivity contribution in [2.45, 2.75) is 51.7 Å². The summed E-state index contributed by atoms with van der Waals surface area (Å²) in [6.45, 7) is 5.52. The van der Waals surface area contributed by atoms with Crippen LogP contribution in [0.1, 0.15) is 40.0 Å². The molecule has 2 atom stereocenters. The monoisotopic (exact) mass is 186 g/mol. The van der Waals surface area contributed by atoms with Crippen molar-refractivity contribution in [3.63, 3.8) is 0 Å². The average molecular weight is 186 g/mol. The van der Waals surface area contributed by atoms with Crippen LogP contribution in [0.4, 0.5) is 0 Å². The van der Waals surface area contributed by atoms with Crippen molar-refractivity contribution < 1.29 is 14.6 Å². The molecule has 0 heterocycles. The van der Waals surface area contributed by atoms with Crippen LogP contribution in [0, 0.1) is 5.92 Å². The maximum Gasteiger partial charge on any atom is 0.312 e. The number of aliphatic hydroxyl groups is 1. The zero-order valence-corrected chi connectivity index (χ0v) is 8.54. The summed E-state index contributed by atoms with van der Waals surface area (Å²) in [6, 6.07) is 0. The van der Waals surface area contributed by atoms with Gasteiger partial charge >= 0.3 is 5.97 Å². The van der Waals surface area contributed by atoms with Crippen molar-refractivity contribution in [1.82, 2.24) is 0 Å². The molecule has 0 aromatic carbocycles. The first-order valence-corrected chi connectivity index (χ1v) is 4.81. The number of hydrogen-bond donors (Lipinski definition) is 1. The van der Waals surface area contributed by atoms with Crippen LogP contribution >= 0.6 is 0 Å². The van der Waals surface area contributed by atoms with Crippen LogP contribution in [-0.4, -0.2) is 22.8 Å². The molecule has 0 aromatic rings. The molecule has 1 fully saturated rings.